The van der Waals surface area contributed by atoms with Gasteiger partial charge in [0.1, 0.15) is 0 Å². The van der Waals surface area contributed by atoms with Gasteiger partial charge in [0, 0.05) is 19.6 Å². The van der Waals surface area contributed by atoms with Crippen LogP contribution in [0, 0.1) is 0 Å². The lowest BCUT2D eigenvalue weighted by Gasteiger charge is -2.19. The summed E-state index contributed by atoms with van der Waals surface area (Å²) in [5, 5.41) is 0. The van der Waals surface area contributed by atoms with Gasteiger partial charge in [-0.05, 0) is 51.2 Å². The van der Waals surface area contributed by atoms with Crippen molar-refractivity contribution in [3.05, 3.63) is 29.8 Å². The van der Waals surface area contributed by atoms with Crippen LogP contribution >= 0.6 is 0 Å². The first kappa shape index (κ1) is 18.1. The molecule has 0 fully saturated rings. The second kappa shape index (κ2) is 7.89. The Morgan fingerprint density at radius 1 is 1.19 bits per heavy atom. The molecule has 0 spiro atoms. The minimum atomic E-state index is -3.44. The molecular formula is C15H27N3O2S. The normalized spacial score (nSPS) is 13.9. The Balaban J connectivity index is 2.86. The van der Waals surface area contributed by atoms with Crippen LogP contribution in [0.1, 0.15) is 31.4 Å². The maximum absolute atomic E-state index is 12.5. The zero-order valence-corrected chi connectivity index (χ0v) is 14.2. The number of nitrogens with zero attached hydrogens (tertiary/aromatic N) is 2. The van der Waals surface area contributed by atoms with Gasteiger partial charge in [0.2, 0.25) is 10.0 Å². The molecule has 5 nitrogen and oxygen atoms in total. The maximum Gasteiger partial charge on any atom is 0.242 e. The summed E-state index contributed by atoms with van der Waals surface area (Å²) in [7, 11) is 2.13. The minimum absolute atomic E-state index is 0.126. The zero-order chi connectivity index (χ0) is 16.0. The van der Waals surface area contributed by atoms with Crippen molar-refractivity contribution in [1.82, 2.24) is 9.21 Å². The molecule has 0 bridgehead atoms. The van der Waals surface area contributed by atoms with Crippen LogP contribution in [0.3, 0.4) is 0 Å². The van der Waals surface area contributed by atoms with Crippen molar-refractivity contribution in [1.29, 1.82) is 0 Å². The Labute approximate surface area is 128 Å². The van der Waals surface area contributed by atoms with E-state index in [1.54, 1.807) is 25.2 Å². The van der Waals surface area contributed by atoms with E-state index in [4.69, 9.17) is 5.73 Å². The number of hydrogen-bond donors (Lipinski definition) is 1. The predicted molar refractivity (Wildman–Crippen MR) is 86.6 cm³/mol. The zero-order valence-electron chi connectivity index (χ0n) is 13.4. The van der Waals surface area contributed by atoms with Crippen molar-refractivity contribution >= 4 is 10.0 Å². The van der Waals surface area contributed by atoms with Gasteiger partial charge in [-0.1, -0.05) is 19.1 Å². The van der Waals surface area contributed by atoms with Gasteiger partial charge >= 0.3 is 0 Å². The van der Waals surface area contributed by atoms with Crippen LogP contribution in [0.5, 0.6) is 0 Å². The van der Waals surface area contributed by atoms with Gasteiger partial charge in [-0.25, -0.2) is 12.7 Å². The summed E-state index contributed by atoms with van der Waals surface area (Å²) in [5.74, 6) is 0. The average Bonchev–Trinajstić information content (AvgIpc) is 2.46. The van der Waals surface area contributed by atoms with E-state index in [-0.39, 0.29) is 6.04 Å². The number of sulfonamides is 1. The first-order chi connectivity index (χ1) is 9.78. The molecule has 0 heterocycles. The molecule has 0 aliphatic heterocycles. The van der Waals surface area contributed by atoms with Crippen molar-refractivity contribution < 1.29 is 8.42 Å². The Morgan fingerprint density at radius 3 is 2.43 bits per heavy atom. The fourth-order valence-corrected chi connectivity index (χ4v) is 3.32. The molecule has 6 heteroatoms. The van der Waals surface area contributed by atoms with Crippen LogP contribution in [0.25, 0.3) is 0 Å². The number of nitrogens with two attached hydrogens (primary N) is 1. The van der Waals surface area contributed by atoms with E-state index in [9.17, 15) is 8.42 Å². The second-order valence-corrected chi connectivity index (χ2v) is 7.62. The molecule has 1 aromatic rings. The molecule has 21 heavy (non-hydrogen) atoms. The molecule has 0 saturated heterocycles. The Kier molecular flexibility index (Phi) is 6.80. The van der Waals surface area contributed by atoms with Gasteiger partial charge in [-0.15, -0.1) is 0 Å². The number of hydrogen-bond acceptors (Lipinski definition) is 4. The van der Waals surface area contributed by atoms with Crippen LogP contribution < -0.4 is 5.73 Å². The Bertz CT molecular complexity index is 544. The van der Waals surface area contributed by atoms with Crippen LogP contribution in [0.2, 0.25) is 0 Å². The number of rotatable bonds is 8. The SMILES string of the molecule is CCC(N)c1cccc(S(=O)(=O)N(C)CCCN(C)C)c1. The van der Waals surface area contributed by atoms with Gasteiger partial charge in [0.15, 0.2) is 0 Å². The van der Waals surface area contributed by atoms with Crippen molar-refractivity contribution in [2.75, 3.05) is 34.2 Å². The van der Waals surface area contributed by atoms with E-state index in [1.165, 1.54) is 4.31 Å². The fraction of sp³-hybridized carbons (Fsp3) is 0.600. The Morgan fingerprint density at radius 2 is 1.86 bits per heavy atom. The maximum atomic E-state index is 12.5. The first-order valence-corrected chi connectivity index (χ1v) is 8.69. The number of benzene rings is 1. The first-order valence-electron chi connectivity index (χ1n) is 7.25. The third-order valence-corrected chi connectivity index (χ3v) is 5.37. The van der Waals surface area contributed by atoms with Gasteiger partial charge in [-0.2, -0.15) is 0 Å². The van der Waals surface area contributed by atoms with E-state index in [0.717, 1.165) is 24.9 Å². The highest BCUT2D eigenvalue weighted by Crippen LogP contribution is 2.20. The van der Waals surface area contributed by atoms with Gasteiger partial charge in [-0.3, -0.25) is 0 Å². The molecule has 1 unspecified atom stereocenters. The summed E-state index contributed by atoms with van der Waals surface area (Å²) in [6, 6.07) is 6.82. The average molecular weight is 313 g/mol. The summed E-state index contributed by atoms with van der Waals surface area (Å²) in [5.41, 5.74) is 6.84. The fourth-order valence-electron chi connectivity index (χ4n) is 2.05. The molecule has 0 aliphatic carbocycles. The lowest BCUT2D eigenvalue weighted by Crippen LogP contribution is -2.30. The minimum Gasteiger partial charge on any atom is -0.324 e. The molecular weight excluding hydrogens is 286 g/mol. The van der Waals surface area contributed by atoms with Crippen LogP contribution in [-0.2, 0) is 10.0 Å². The molecule has 0 aromatic heterocycles. The second-order valence-electron chi connectivity index (χ2n) is 5.57. The van der Waals surface area contributed by atoms with Crippen molar-refractivity contribution in [3.8, 4) is 0 Å². The molecule has 0 amide bonds. The molecule has 0 aliphatic rings. The highest BCUT2D eigenvalue weighted by Gasteiger charge is 2.21. The topological polar surface area (TPSA) is 66.6 Å². The third-order valence-electron chi connectivity index (χ3n) is 3.51. The standard InChI is InChI=1S/C15H27N3O2S/c1-5-15(16)13-8-6-9-14(12-13)21(19,20)18(4)11-7-10-17(2)3/h6,8-9,12,15H,5,7,10-11,16H2,1-4H3. The lowest BCUT2D eigenvalue weighted by molar-refractivity contribution is 0.370. The van der Waals surface area contributed by atoms with Crippen molar-refractivity contribution in [3.63, 3.8) is 0 Å². The predicted octanol–water partition coefficient (Wildman–Crippen LogP) is 1.67. The molecule has 1 aromatic carbocycles. The molecule has 0 radical (unpaired) electrons. The van der Waals surface area contributed by atoms with Crippen LogP contribution in [-0.4, -0.2) is 51.9 Å². The summed E-state index contributed by atoms with van der Waals surface area (Å²) in [6.07, 6.45) is 1.58. The van der Waals surface area contributed by atoms with E-state index in [0.29, 0.717) is 11.4 Å². The van der Waals surface area contributed by atoms with Crippen molar-refractivity contribution in [2.24, 2.45) is 5.73 Å². The monoisotopic (exact) mass is 313 g/mol. The van der Waals surface area contributed by atoms with Gasteiger partial charge in [0.05, 0.1) is 4.90 Å². The van der Waals surface area contributed by atoms with E-state index in [1.807, 2.05) is 32.0 Å². The smallest absolute Gasteiger partial charge is 0.242 e. The van der Waals surface area contributed by atoms with E-state index in [2.05, 4.69) is 0 Å². The molecule has 1 atom stereocenters. The summed E-state index contributed by atoms with van der Waals surface area (Å²) >= 11 is 0. The van der Waals surface area contributed by atoms with Crippen LogP contribution in [0.4, 0.5) is 0 Å². The molecule has 1 rings (SSSR count). The quantitative estimate of drug-likeness (QED) is 0.793. The highest BCUT2D eigenvalue weighted by molar-refractivity contribution is 7.89. The Hall–Kier alpha value is -0.950. The van der Waals surface area contributed by atoms with E-state index >= 15 is 0 Å². The highest BCUT2D eigenvalue weighted by atomic mass is 32.2. The largest absolute Gasteiger partial charge is 0.324 e. The summed E-state index contributed by atoms with van der Waals surface area (Å²) in [6.45, 7) is 3.35. The summed E-state index contributed by atoms with van der Waals surface area (Å²) < 4.78 is 26.5. The summed E-state index contributed by atoms with van der Waals surface area (Å²) in [4.78, 5) is 2.36. The van der Waals surface area contributed by atoms with Gasteiger partial charge in [0.25, 0.3) is 0 Å². The molecule has 120 valence electrons. The lowest BCUT2D eigenvalue weighted by atomic mass is 10.1. The molecule has 0 saturated carbocycles. The third kappa shape index (κ3) is 5.07. The molecule has 2 N–H and O–H groups in total. The van der Waals surface area contributed by atoms with Gasteiger partial charge < -0.3 is 10.6 Å². The van der Waals surface area contributed by atoms with Crippen LogP contribution in [0.15, 0.2) is 29.2 Å². The van der Waals surface area contributed by atoms with E-state index < -0.39 is 10.0 Å². The van der Waals surface area contributed by atoms with Crippen molar-refractivity contribution in [2.45, 2.75) is 30.7 Å².